The van der Waals surface area contributed by atoms with Crippen molar-refractivity contribution in [3.63, 3.8) is 0 Å². The van der Waals surface area contributed by atoms with Crippen LogP contribution in [0, 0.1) is 0 Å². The molecule has 0 aliphatic heterocycles. The van der Waals surface area contributed by atoms with Crippen LogP contribution in [0.15, 0.2) is 48.5 Å². The van der Waals surface area contributed by atoms with Gasteiger partial charge >= 0.3 is 0 Å². The first-order chi connectivity index (χ1) is 13.8. The summed E-state index contributed by atoms with van der Waals surface area (Å²) in [6, 6.07) is 13.1. The molecule has 2 aromatic carbocycles. The van der Waals surface area contributed by atoms with Gasteiger partial charge in [0.25, 0.3) is 10.2 Å². The molecule has 0 spiro atoms. The highest BCUT2D eigenvalue weighted by molar-refractivity contribution is 7.87. The summed E-state index contributed by atoms with van der Waals surface area (Å²) in [6.07, 6.45) is 0. The van der Waals surface area contributed by atoms with Crippen LogP contribution in [0.25, 0.3) is 10.9 Å². The number of aromatic amines is 1. The van der Waals surface area contributed by atoms with Gasteiger partial charge in [-0.25, -0.2) is 5.14 Å². The molecule has 1 amide bonds. The summed E-state index contributed by atoms with van der Waals surface area (Å²) in [6.45, 7) is 5.82. The van der Waals surface area contributed by atoms with Crippen molar-refractivity contribution in [2.75, 3.05) is 23.3 Å². The molecule has 1 atom stereocenters. The number of amides is 1. The highest BCUT2D eigenvalue weighted by Gasteiger charge is 2.25. The van der Waals surface area contributed by atoms with E-state index in [9.17, 15) is 13.2 Å². The summed E-state index contributed by atoms with van der Waals surface area (Å²) in [4.78, 5) is 15.1. The largest absolute Gasteiger partial charge is 0.372 e. The third-order valence-corrected chi connectivity index (χ3v) is 5.16. The Labute approximate surface area is 169 Å². The first-order valence-electron chi connectivity index (χ1n) is 9.21. The van der Waals surface area contributed by atoms with Gasteiger partial charge in [0.2, 0.25) is 5.91 Å². The van der Waals surface area contributed by atoms with Crippen LogP contribution in [-0.4, -0.2) is 37.6 Å². The molecule has 3 rings (SSSR count). The minimum absolute atomic E-state index is 0.316. The second kappa shape index (κ2) is 8.60. The van der Waals surface area contributed by atoms with Crippen molar-refractivity contribution in [1.29, 1.82) is 0 Å². The molecule has 0 radical (unpaired) electrons. The normalized spacial score (nSPS) is 12.7. The zero-order chi connectivity index (χ0) is 21.0. The van der Waals surface area contributed by atoms with Crippen LogP contribution in [0.3, 0.4) is 0 Å². The molecule has 0 saturated carbocycles. The molecule has 29 heavy (non-hydrogen) atoms. The molecule has 0 aliphatic carbocycles. The van der Waals surface area contributed by atoms with Crippen molar-refractivity contribution >= 4 is 38.5 Å². The number of benzene rings is 2. The van der Waals surface area contributed by atoms with Crippen LogP contribution in [0.4, 0.5) is 11.5 Å². The average Bonchev–Trinajstić information content (AvgIpc) is 3.09. The molecule has 1 heterocycles. The zero-order valence-corrected chi connectivity index (χ0v) is 17.0. The Morgan fingerprint density at radius 1 is 1.17 bits per heavy atom. The molecule has 3 aromatic rings. The fourth-order valence-corrected chi connectivity index (χ4v) is 3.73. The smallest absolute Gasteiger partial charge is 0.275 e. The van der Waals surface area contributed by atoms with Crippen molar-refractivity contribution in [3.05, 3.63) is 54.1 Å². The summed E-state index contributed by atoms with van der Waals surface area (Å²) in [5, 5.41) is 15.6. The number of hydrogen-bond donors (Lipinski definition) is 4. The predicted octanol–water partition coefficient (Wildman–Crippen LogP) is 1.88. The van der Waals surface area contributed by atoms with Crippen LogP contribution in [0.2, 0.25) is 0 Å². The summed E-state index contributed by atoms with van der Waals surface area (Å²) in [5.41, 5.74) is 2.22. The number of anilines is 2. The standard InChI is InChI=1S/C19H24N6O3S/c1-3-25(4-2)14-10-11-16-15(12-14)18(23-22-16)21-19(26)17(24-29(20,27)28)13-8-6-5-7-9-13/h5-12,17,24H,3-4H2,1-2H3,(H2,20,27,28)(H2,21,22,23,26)/t17-/m0/s1. The summed E-state index contributed by atoms with van der Waals surface area (Å²) < 4.78 is 25.3. The van der Waals surface area contributed by atoms with Gasteiger partial charge in [-0.15, -0.1) is 0 Å². The number of nitrogens with one attached hydrogen (secondary N) is 3. The van der Waals surface area contributed by atoms with Crippen LogP contribution >= 0.6 is 0 Å². The predicted molar refractivity (Wildman–Crippen MR) is 114 cm³/mol. The number of carbonyl (C=O) groups is 1. The molecule has 0 aliphatic rings. The first-order valence-corrected chi connectivity index (χ1v) is 10.8. The van der Waals surface area contributed by atoms with Crippen molar-refractivity contribution < 1.29 is 13.2 Å². The SMILES string of the molecule is CCN(CC)c1ccc2[nH]nc(NC(=O)[C@@H](NS(N)(=O)=O)c3ccccc3)c2c1. The van der Waals surface area contributed by atoms with E-state index in [-0.39, 0.29) is 0 Å². The van der Waals surface area contributed by atoms with E-state index in [1.165, 1.54) is 0 Å². The van der Waals surface area contributed by atoms with Gasteiger partial charge in [0.1, 0.15) is 6.04 Å². The summed E-state index contributed by atoms with van der Waals surface area (Å²) in [7, 11) is -4.11. The quantitative estimate of drug-likeness (QED) is 0.445. The number of rotatable bonds is 8. The summed E-state index contributed by atoms with van der Waals surface area (Å²) >= 11 is 0. The van der Waals surface area contributed by atoms with Crippen molar-refractivity contribution in [3.8, 4) is 0 Å². The molecule has 0 fully saturated rings. The van der Waals surface area contributed by atoms with Gasteiger partial charge in [-0.2, -0.15) is 18.2 Å². The van der Waals surface area contributed by atoms with E-state index in [0.29, 0.717) is 11.4 Å². The van der Waals surface area contributed by atoms with Crippen LogP contribution in [0.1, 0.15) is 25.5 Å². The fraction of sp³-hybridized carbons (Fsp3) is 0.263. The Hall–Kier alpha value is -2.95. The maximum atomic E-state index is 12.9. The number of nitrogens with two attached hydrogens (primary N) is 1. The van der Waals surface area contributed by atoms with E-state index < -0.39 is 22.2 Å². The topological polar surface area (TPSA) is 133 Å². The van der Waals surface area contributed by atoms with Crippen molar-refractivity contribution in [2.24, 2.45) is 5.14 Å². The Balaban J connectivity index is 1.93. The van der Waals surface area contributed by atoms with Crippen LogP contribution in [-0.2, 0) is 15.0 Å². The highest BCUT2D eigenvalue weighted by atomic mass is 32.2. The second-order valence-corrected chi connectivity index (χ2v) is 7.80. The minimum Gasteiger partial charge on any atom is -0.372 e. The van der Waals surface area contributed by atoms with Gasteiger partial charge in [-0.1, -0.05) is 30.3 Å². The lowest BCUT2D eigenvalue weighted by Crippen LogP contribution is -2.40. The summed E-state index contributed by atoms with van der Waals surface area (Å²) in [5.74, 6) is -0.275. The van der Waals surface area contributed by atoms with Gasteiger partial charge in [-0.3, -0.25) is 9.89 Å². The zero-order valence-electron chi connectivity index (χ0n) is 16.2. The van der Waals surface area contributed by atoms with E-state index in [0.717, 1.165) is 29.7 Å². The highest BCUT2D eigenvalue weighted by Crippen LogP contribution is 2.27. The minimum atomic E-state index is -4.11. The molecular formula is C19H24N6O3S. The Morgan fingerprint density at radius 2 is 1.86 bits per heavy atom. The van der Waals surface area contributed by atoms with E-state index in [1.54, 1.807) is 30.3 Å². The Bertz CT molecular complexity index is 1090. The third-order valence-electron chi connectivity index (χ3n) is 4.59. The Morgan fingerprint density at radius 3 is 2.48 bits per heavy atom. The van der Waals surface area contributed by atoms with Crippen LogP contribution < -0.4 is 20.1 Å². The molecule has 0 bridgehead atoms. The lowest BCUT2D eigenvalue weighted by atomic mass is 10.1. The molecule has 5 N–H and O–H groups in total. The van der Waals surface area contributed by atoms with E-state index in [2.05, 4.69) is 39.0 Å². The number of carbonyl (C=O) groups excluding carboxylic acids is 1. The number of hydrogen-bond acceptors (Lipinski definition) is 5. The van der Waals surface area contributed by atoms with E-state index in [1.807, 2.05) is 18.2 Å². The van der Waals surface area contributed by atoms with Gasteiger partial charge in [-0.05, 0) is 37.6 Å². The van der Waals surface area contributed by atoms with Crippen molar-refractivity contribution in [2.45, 2.75) is 19.9 Å². The third kappa shape index (κ3) is 4.91. The fourth-order valence-electron chi connectivity index (χ4n) is 3.15. The monoisotopic (exact) mass is 416 g/mol. The number of nitrogens with zero attached hydrogens (tertiary/aromatic N) is 2. The van der Waals surface area contributed by atoms with E-state index in [4.69, 9.17) is 5.14 Å². The van der Waals surface area contributed by atoms with Crippen LogP contribution in [0.5, 0.6) is 0 Å². The van der Waals surface area contributed by atoms with Gasteiger partial charge in [0, 0.05) is 24.2 Å². The van der Waals surface area contributed by atoms with Gasteiger partial charge in [0.05, 0.1) is 5.52 Å². The second-order valence-electron chi connectivity index (χ2n) is 6.47. The molecule has 0 saturated heterocycles. The maximum absolute atomic E-state index is 12.9. The first kappa shape index (κ1) is 20.8. The number of H-pyrrole nitrogens is 1. The maximum Gasteiger partial charge on any atom is 0.275 e. The van der Waals surface area contributed by atoms with E-state index >= 15 is 0 Å². The number of fused-ring (bicyclic) bond motifs is 1. The lowest BCUT2D eigenvalue weighted by Gasteiger charge is -2.21. The molecule has 0 unspecified atom stereocenters. The molecule has 10 heteroatoms. The molecule has 154 valence electrons. The molecular weight excluding hydrogens is 392 g/mol. The van der Waals surface area contributed by atoms with Gasteiger partial charge < -0.3 is 10.2 Å². The molecule has 9 nitrogen and oxygen atoms in total. The van der Waals surface area contributed by atoms with Gasteiger partial charge in [0.15, 0.2) is 5.82 Å². The average molecular weight is 417 g/mol. The Kier molecular flexibility index (Phi) is 6.16. The van der Waals surface area contributed by atoms with Crippen molar-refractivity contribution in [1.82, 2.24) is 14.9 Å². The number of aromatic nitrogens is 2. The molecule has 1 aromatic heterocycles. The lowest BCUT2D eigenvalue weighted by molar-refractivity contribution is -0.117.